The summed E-state index contributed by atoms with van der Waals surface area (Å²) in [6.45, 7) is 1.81. The molecule has 6 rings (SSSR count). The first-order valence-corrected chi connectivity index (χ1v) is 10.6. The molecule has 1 saturated heterocycles. The van der Waals surface area contributed by atoms with Crippen LogP contribution in [0.1, 0.15) is 24.6 Å². The Labute approximate surface area is 179 Å². The average molecular weight is 407 g/mol. The third-order valence-corrected chi connectivity index (χ3v) is 5.93. The second kappa shape index (κ2) is 7.43. The van der Waals surface area contributed by atoms with Crippen molar-refractivity contribution in [2.24, 2.45) is 0 Å². The van der Waals surface area contributed by atoms with Crippen molar-refractivity contribution in [2.75, 3.05) is 18.0 Å². The summed E-state index contributed by atoms with van der Waals surface area (Å²) in [5.41, 5.74) is 2.76. The normalized spacial score (nSPS) is 16.8. The highest BCUT2D eigenvalue weighted by molar-refractivity contribution is 5.91. The minimum atomic E-state index is 0.293. The Morgan fingerprint density at radius 1 is 0.903 bits per heavy atom. The van der Waals surface area contributed by atoms with Gasteiger partial charge in [0.15, 0.2) is 11.5 Å². The van der Waals surface area contributed by atoms with Gasteiger partial charge in [0.1, 0.15) is 11.6 Å². The molecule has 1 aliphatic heterocycles. The number of anilines is 1. The van der Waals surface area contributed by atoms with E-state index in [1.807, 2.05) is 60.9 Å². The minimum Gasteiger partial charge on any atom is -0.355 e. The van der Waals surface area contributed by atoms with Crippen molar-refractivity contribution in [3.63, 3.8) is 0 Å². The van der Waals surface area contributed by atoms with E-state index in [-0.39, 0.29) is 0 Å². The minimum absolute atomic E-state index is 0.293. The Hall–Kier alpha value is -3.87. The van der Waals surface area contributed by atoms with Gasteiger partial charge in [-0.3, -0.25) is 9.38 Å². The Bertz CT molecular complexity index is 1360. The number of aromatic nitrogens is 6. The molecule has 0 amide bonds. The molecule has 0 bridgehead atoms. The lowest BCUT2D eigenvalue weighted by Gasteiger charge is -2.33. The van der Waals surface area contributed by atoms with Crippen LogP contribution in [-0.4, -0.2) is 42.6 Å². The molecule has 7 heteroatoms. The topological polar surface area (TPSA) is 72.1 Å². The van der Waals surface area contributed by atoms with E-state index in [0.29, 0.717) is 11.7 Å². The maximum absolute atomic E-state index is 5.00. The monoisotopic (exact) mass is 407 g/mol. The quantitative estimate of drug-likeness (QED) is 0.448. The van der Waals surface area contributed by atoms with E-state index in [0.717, 1.165) is 59.7 Å². The van der Waals surface area contributed by atoms with Gasteiger partial charge < -0.3 is 4.90 Å². The lowest BCUT2D eigenvalue weighted by atomic mass is 9.97. The first-order chi connectivity index (χ1) is 15.4. The lowest BCUT2D eigenvalue weighted by molar-refractivity contribution is 0.486. The molecule has 7 nitrogen and oxygen atoms in total. The first kappa shape index (κ1) is 17.9. The van der Waals surface area contributed by atoms with E-state index >= 15 is 0 Å². The van der Waals surface area contributed by atoms with Crippen LogP contribution >= 0.6 is 0 Å². The summed E-state index contributed by atoms with van der Waals surface area (Å²) in [6.07, 6.45) is 7.79. The fraction of sp³-hybridized carbons (Fsp3) is 0.208. The number of fused-ring (bicyclic) bond motifs is 2. The van der Waals surface area contributed by atoms with Crippen LogP contribution in [0.2, 0.25) is 0 Å². The number of hydrogen-bond donors (Lipinski definition) is 0. The number of para-hydroxylation sites is 1. The molecule has 0 saturated carbocycles. The molecule has 5 aromatic rings. The molecule has 4 aromatic heterocycles. The molecular weight excluding hydrogens is 386 g/mol. The average Bonchev–Trinajstić information content (AvgIpc) is 3.28. The zero-order valence-corrected chi connectivity index (χ0v) is 17.0. The summed E-state index contributed by atoms with van der Waals surface area (Å²) >= 11 is 0. The van der Waals surface area contributed by atoms with E-state index in [1.54, 1.807) is 6.20 Å². The van der Waals surface area contributed by atoms with Gasteiger partial charge in [-0.25, -0.2) is 9.97 Å². The van der Waals surface area contributed by atoms with Crippen LogP contribution < -0.4 is 4.90 Å². The van der Waals surface area contributed by atoms with Gasteiger partial charge in [0.25, 0.3) is 0 Å². The third kappa shape index (κ3) is 3.18. The Morgan fingerprint density at radius 3 is 2.77 bits per heavy atom. The van der Waals surface area contributed by atoms with Gasteiger partial charge >= 0.3 is 0 Å². The summed E-state index contributed by atoms with van der Waals surface area (Å²) in [5, 5.41) is 9.95. The van der Waals surface area contributed by atoms with Crippen LogP contribution in [0.25, 0.3) is 27.9 Å². The number of nitrogens with zero attached hydrogens (tertiary/aromatic N) is 7. The molecular formula is C24H21N7. The summed E-state index contributed by atoms with van der Waals surface area (Å²) in [5.74, 6) is 2.99. The van der Waals surface area contributed by atoms with Crippen molar-refractivity contribution in [1.29, 1.82) is 0 Å². The molecule has 1 atom stereocenters. The predicted octanol–water partition coefficient (Wildman–Crippen LogP) is 4.12. The van der Waals surface area contributed by atoms with Crippen molar-refractivity contribution >= 4 is 22.4 Å². The zero-order chi connectivity index (χ0) is 20.6. The summed E-state index contributed by atoms with van der Waals surface area (Å²) < 4.78 is 2.10. The van der Waals surface area contributed by atoms with Crippen molar-refractivity contribution in [3.05, 3.63) is 79.0 Å². The maximum atomic E-state index is 5.00. The Kier molecular flexibility index (Phi) is 4.30. The van der Waals surface area contributed by atoms with Crippen molar-refractivity contribution in [1.82, 2.24) is 29.5 Å². The van der Waals surface area contributed by atoms with Crippen molar-refractivity contribution < 1.29 is 0 Å². The summed E-state index contributed by atoms with van der Waals surface area (Å²) in [7, 11) is 0. The van der Waals surface area contributed by atoms with E-state index in [2.05, 4.69) is 30.5 Å². The van der Waals surface area contributed by atoms with Crippen LogP contribution in [0, 0.1) is 0 Å². The number of benzene rings is 1. The molecule has 1 aliphatic rings. The number of hydrogen-bond acceptors (Lipinski definition) is 6. The van der Waals surface area contributed by atoms with Gasteiger partial charge in [-0.05, 0) is 49.2 Å². The number of rotatable bonds is 3. The van der Waals surface area contributed by atoms with Gasteiger partial charge in [-0.1, -0.05) is 18.2 Å². The lowest BCUT2D eigenvalue weighted by Crippen LogP contribution is -2.36. The SMILES string of the molecule is c1cncc(-c2nc(N3CCCC(c4nnc5ccccn45)C3)c3ccccc3n2)c1. The van der Waals surface area contributed by atoms with Gasteiger partial charge in [0, 0.05) is 48.5 Å². The Balaban J connectivity index is 1.42. The van der Waals surface area contributed by atoms with E-state index in [1.165, 1.54) is 0 Å². The van der Waals surface area contributed by atoms with Crippen LogP contribution in [0.5, 0.6) is 0 Å². The highest BCUT2D eigenvalue weighted by Crippen LogP contribution is 2.33. The molecule has 0 aliphatic carbocycles. The van der Waals surface area contributed by atoms with Crippen LogP contribution in [-0.2, 0) is 0 Å². The van der Waals surface area contributed by atoms with E-state index in [9.17, 15) is 0 Å². The van der Waals surface area contributed by atoms with Crippen LogP contribution in [0.15, 0.2) is 73.2 Å². The van der Waals surface area contributed by atoms with E-state index in [4.69, 9.17) is 9.97 Å². The molecule has 0 N–H and O–H groups in total. The first-order valence-electron chi connectivity index (χ1n) is 10.6. The largest absolute Gasteiger partial charge is 0.355 e. The molecule has 1 aromatic carbocycles. The van der Waals surface area contributed by atoms with Crippen molar-refractivity contribution in [3.8, 4) is 11.4 Å². The molecule has 1 unspecified atom stereocenters. The van der Waals surface area contributed by atoms with Crippen LogP contribution in [0.3, 0.4) is 0 Å². The van der Waals surface area contributed by atoms with Gasteiger partial charge in [0.05, 0.1) is 5.52 Å². The molecule has 0 spiro atoms. The molecule has 1 fully saturated rings. The fourth-order valence-electron chi connectivity index (χ4n) is 4.44. The fourth-order valence-corrected chi connectivity index (χ4v) is 4.44. The number of pyridine rings is 2. The maximum Gasteiger partial charge on any atom is 0.163 e. The molecule has 152 valence electrons. The van der Waals surface area contributed by atoms with Gasteiger partial charge in [-0.15, -0.1) is 10.2 Å². The summed E-state index contributed by atoms with van der Waals surface area (Å²) in [6, 6.07) is 18.2. The predicted molar refractivity (Wildman–Crippen MR) is 120 cm³/mol. The molecule has 5 heterocycles. The van der Waals surface area contributed by atoms with Gasteiger partial charge in [0.2, 0.25) is 0 Å². The summed E-state index contributed by atoms with van der Waals surface area (Å²) in [4.78, 5) is 16.4. The van der Waals surface area contributed by atoms with Crippen molar-refractivity contribution in [2.45, 2.75) is 18.8 Å². The molecule has 31 heavy (non-hydrogen) atoms. The molecule has 0 radical (unpaired) electrons. The highest BCUT2D eigenvalue weighted by atomic mass is 15.3. The van der Waals surface area contributed by atoms with Gasteiger partial charge in [-0.2, -0.15) is 0 Å². The number of piperidine rings is 1. The third-order valence-electron chi connectivity index (χ3n) is 5.93. The smallest absolute Gasteiger partial charge is 0.163 e. The van der Waals surface area contributed by atoms with E-state index < -0.39 is 0 Å². The zero-order valence-electron chi connectivity index (χ0n) is 17.0. The second-order valence-electron chi connectivity index (χ2n) is 7.90. The highest BCUT2D eigenvalue weighted by Gasteiger charge is 2.27. The van der Waals surface area contributed by atoms with Crippen LogP contribution in [0.4, 0.5) is 5.82 Å². The second-order valence-corrected chi connectivity index (χ2v) is 7.90. The standard InChI is InChI=1S/C24H21N7/c1-2-10-20-19(9-1)24(27-22(26-20)17-7-5-12-25-15-17)30-13-6-8-18(16-30)23-29-28-21-11-3-4-14-31(21)23/h1-5,7,9-12,14-15,18H,6,8,13,16H2. The Morgan fingerprint density at radius 2 is 1.84 bits per heavy atom.